The van der Waals surface area contributed by atoms with Gasteiger partial charge in [0.15, 0.2) is 0 Å². The first-order valence-electron chi connectivity index (χ1n) is 10.7. The molecule has 0 saturated carbocycles. The van der Waals surface area contributed by atoms with Crippen LogP contribution >= 0.6 is 12.4 Å². The van der Waals surface area contributed by atoms with E-state index in [0.717, 1.165) is 29.3 Å². The summed E-state index contributed by atoms with van der Waals surface area (Å²) in [5.41, 5.74) is 1.58. The van der Waals surface area contributed by atoms with Crippen molar-refractivity contribution < 1.29 is 13.2 Å². The summed E-state index contributed by atoms with van der Waals surface area (Å²) >= 11 is 0. The molecule has 2 heterocycles. The Bertz CT molecular complexity index is 1070. The van der Waals surface area contributed by atoms with Gasteiger partial charge >= 0.3 is 0 Å². The number of sulfonamides is 1. The normalized spacial score (nSPS) is 18.5. The Morgan fingerprint density at radius 1 is 1.16 bits per heavy atom. The second-order valence-corrected chi connectivity index (χ2v) is 10.0. The second kappa shape index (κ2) is 10.2. The highest BCUT2D eigenvalue weighted by Gasteiger charge is 2.43. The van der Waals surface area contributed by atoms with Gasteiger partial charge in [0.1, 0.15) is 11.6 Å². The standard InChI is InChI=1S/C23H30N4O3S.ClH/c1-18-6-3-4-9-21(18)31(28,29)27-14-10-23(11-15-27)22(24-12-13-26-23)25-17-19-7-5-8-20(16-19)30-2;/h3-9,16,26H,10-15,17H2,1-2H3,(H,24,25);1H. The van der Waals surface area contributed by atoms with Gasteiger partial charge in [0, 0.05) is 26.2 Å². The summed E-state index contributed by atoms with van der Waals surface area (Å²) in [6.07, 6.45) is 1.37. The van der Waals surface area contributed by atoms with E-state index in [1.165, 1.54) is 0 Å². The summed E-state index contributed by atoms with van der Waals surface area (Å²) in [5, 5.41) is 7.14. The molecule has 2 aliphatic heterocycles. The van der Waals surface area contributed by atoms with Crippen molar-refractivity contribution >= 4 is 28.3 Å². The zero-order chi connectivity index (χ0) is 21.9. The number of amidine groups is 1. The van der Waals surface area contributed by atoms with E-state index < -0.39 is 10.0 Å². The summed E-state index contributed by atoms with van der Waals surface area (Å²) in [4.78, 5) is 5.16. The molecule has 0 amide bonds. The van der Waals surface area contributed by atoms with Crippen LogP contribution in [0.1, 0.15) is 24.0 Å². The van der Waals surface area contributed by atoms with Gasteiger partial charge in [0.25, 0.3) is 0 Å². The fourth-order valence-corrected chi connectivity index (χ4v) is 6.06. The number of methoxy groups -OCH3 is 1. The number of halogens is 1. The summed E-state index contributed by atoms with van der Waals surface area (Å²) in [5.74, 6) is 1.75. The fourth-order valence-electron chi connectivity index (χ4n) is 4.40. The smallest absolute Gasteiger partial charge is 0.243 e. The molecule has 2 aliphatic rings. The Hall–Kier alpha value is -2.13. The van der Waals surface area contributed by atoms with Crippen LogP contribution in [0.5, 0.6) is 5.75 Å². The van der Waals surface area contributed by atoms with Crippen molar-refractivity contribution in [2.24, 2.45) is 4.99 Å². The molecule has 1 fully saturated rings. The zero-order valence-electron chi connectivity index (χ0n) is 18.5. The number of nitrogens with one attached hydrogen (secondary N) is 2. The largest absolute Gasteiger partial charge is 0.497 e. The van der Waals surface area contributed by atoms with Gasteiger partial charge in [0.2, 0.25) is 10.0 Å². The minimum absolute atomic E-state index is 0. The van der Waals surface area contributed by atoms with Crippen molar-refractivity contribution in [1.82, 2.24) is 14.9 Å². The van der Waals surface area contributed by atoms with E-state index in [4.69, 9.17) is 9.73 Å². The van der Waals surface area contributed by atoms with Crippen LogP contribution in [0.4, 0.5) is 0 Å². The second-order valence-electron chi connectivity index (χ2n) is 8.11. The van der Waals surface area contributed by atoms with E-state index in [1.54, 1.807) is 23.5 Å². The van der Waals surface area contributed by atoms with Gasteiger partial charge in [-0.2, -0.15) is 4.31 Å². The minimum Gasteiger partial charge on any atom is -0.497 e. The molecule has 2 N–H and O–H groups in total. The third kappa shape index (κ3) is 4.93. The molecule has 2 aromatic carbocycles. The first-order chi connectivity index (χ1) is 14.9. The van der Waals surface area contributed by atoms with Crippen molar-refractivity contribution in [2.45, 2.75) is 36.7 Å². The van der Waals surface area contributed by atoms with Crippen LogP contribution < -0.4 is 15.4 Å². The molecule has 0 bridgehead atoms. The highest BCUT2D eigenvalue weighted by atomic mass is 35.5. The predicted octanol–water partition coefficient (Wildman–Crippen LogP) is 2.74. The molecule has 7 nitrogen and oxygen atoms in total. The molecule has 2 aromatic rings. The molecule has 1 saturated heterocycles. The Morgan fingerprint density at radius 3 is 2.62 bits per heavy atom. The third-order valence-electron chi connectivity index (χ3n) is 6.18. The van der Waals surface area contributed by atoms with Crippen molar-refractivity contribution in [3.05, 3.63) is 59.7 Å². The van der Waals surface area contributed by atoms with Crippen LogP contribution in [0.3, 0.4) is 0 Å². The van der Waals surface area contributed by atoms with Gasteiger partial charge in [-0.1, -0.05) is 30.3 Å². The van der Waals surface area contributed by atoms with Gasteiger partial charge < -0.3 is 15.4 Å². The summed E-state index contributed by atoms with van der Waals surface area (Å²) < 4.78 is 33.3. The number of aryl methyl sites for hydroxylation is 1. The lowest BCUT2D eigenvalue weighted by atomic mass is 9.85. The average Bonchev–Trinajstić information content (AvgIpc) is 2.79. The number of piperidine rings is 1. The topological polar surface area (TPSA) is 83.0 Å². The molecule has 32 heavy (non-hydrogen) atoms. The Morgan fingerprint density at radius 2 is 1.91 bits per heavy atom. The number of nitrogens with zero attached hydrogens (tertiary/aromatic N) is 2. The van der Waals surface area contributed by atoms with Crippen LogP contribution in [0.2, 0.25) is 0 Å². The van der Waals surface area contributed by atoms with Crippen LogP contribution in [0.25, 0.3) is 0 Å². The van der Waals surface area contributed by atoms with Crippen LogP contribution in [-0.2, 0) is 16.6 Å². The molecule has 1 spiro atoms. The molecule has 0 aromatic heterocycles. The summed E-state index contributed by atoms with van der Waals surface area (Å²) in [6.45, 7) is 4.92. The van der Waals surface area contributed by atoms with Crippen molar-refractivity contribution in [1.29, 1.82) is 0 Å². The molecular formula is C23H31ClN4O3S. The monoisotopic (exact) mass is 478 g/mol. The number of benzene rings is 2. The molecule has 0 unspecified atom stereocenters. The van der Waals surface area contributed by atoms with E-state index in [9.17, 15) is 8.42 Å². The lowest BCUT2D eigenvalue weighted by Crippen LogP contribution is -2.64. The van der Waals surface area contributed by atoms with Crippen LogP contribution in [0.15, 0.2) is 58.4 Å². The number of aliphatic imine (C=N–C) groups is 1. The van der Waals surface area contributed by atoms with Crippen LogP contribution in [0, 0.1) is 6.92 Å². The van der Waals surface area contributed by atoms with E-state index in [0.29, 0.717) is 43.9 Å². The molecular weight excluding hydrogens is 448 g/mol. The maximum absolute atomic E-state index is 13.2. The maximum atomic E-state index is 13.2. The number of hydrogen-bond donors (Lipinski definition) is 2. The zero-order valence-corrected chi connectivity index (χ0v) is 20.1. The van der Waals surface area contributed by atoms with Gasteiger partial charge in [-0.25, -0.2) is 8.42 Å². The Balaban J connectivity index is 0.00000289. The van der Waals surface area contributed by atoms with Gasteiger partial charge in [-0.05, 0) is 49.1 Å². The minimum atomic E-state index is -3.50. The summed E-state index contributed by atoms with van der Waals surface area (Å²) in [6, 6.07) is 15.1. The van der Waals surface area contributed by atoms with Crippen molar-refractivity contribution in [3.63, 3.8) is 0 Å². The highest BCUT2D eigenvalue weighted by molar-refractivity contribution is 7.89. The number of rotatable bonds is 5. The molecule has 0 aliphatic carbocycles. The SMILES string of the molecule is COc1cccc(CNC2=NCCNC23CCN(S(=O)(=O)c2ccccc2C)CC3)c1.Cl. The Labute approximate surface area is 196 Å². The first-order valence-corrected chi connectivity index (χ1v) is 12.1. The quantitative estimate of drug-likeness (QED) is 0.690. The van der Waals surface area contributed by atoms with E-state index >= 15 is 0 Å². The molecule has 0 radical (unpaired) electrons. The lowest BCUT2D eigenvalue weighted by molar-refractivity contribution is 0.241. The third-order valence-corrected chi connectivity index (χ3v) is 8.24. The molecule has 0 atom stereocenters. The Kier molecular flexibility index (Phi) is 7.82. The first kappa shape index (κ1) is 24.5. The van der Waals surface area contributed by atoms with Crippen LogP contribution in [-0.4, -0.2) is 57.4 Å². The summed E-state index contributed by atoms with van der Waals surface area (Å²) in [7, 11) is -1.83. The lowest BCUT2D eigenvalue weighted by Gasteiger charge is -2.44. The number of hydrogen-bond acceptors (Lipinski definition) is 6. The number of ether oxygens (including phenoxy) is 1. The fraction of sp³-hybridized carbons (Fsp3) is 0.435. The van der Waals surface area contributed by atoms with Gasteiger partial charge in [-0.15, -0.1) is 12.4 Å². The predicted molar refractivity (Wildman–Crippen MR) is 129 cm³/mol. The average molecular weight is 479 g/mol. The van der Waals surface area contributed by atoms with E-state index in [1.807, 2.05) is 37.3 Å². The molecule has 174 valence electrons. The highest BCUT2D eigenvalue weighted by Crippen LogP contribution is 2.30. The molecule has 4 rings (SSSR count). The molecule has 9 heteroatoms. The van der Waals surface area contributed by atoms with Crippen molar-refractivity contribution in [3.8, 4) is 5.75 Å². The van der Waals surface area contributed by atoms with E-state index in [-0.39, 0.29) is 17.9 Å². The maximum Gasteiger partial charge on any atom is 0.243 e. The van der Waals surface area contributed by atoms with E-state index in [2.05, 4.69) is 16.7 Å². The van der Waals surface area contributed by atoms with Gasteiger partial charge in [-0.3, -0.25) is 4.99 Å². The van der Waals surface area contributed by atoms with Gasteiger partial charge in [0.05, 0.1) is 24.1 Å². The van der Waals surface area contributed by atoms with Crippen molar-refractivity contribution in [2.75, 3.05) is 33.3 Å².